The van der Waals surface area contributed by atoms with Gasteiger partial charge in [0.05, 0.1) is 5.56 Å². The third-order valence-corrected chi connectivity index (χ3v) is 4.40. The first-order valence-electron chi connectivity index (χ1n) is 6.02. The maximum atomic E-state index is 11.7. The highest BCUT2D eigenvalue weighted by Crippen LogP contribution is 2.07. The molecule has 0 aromatic heterocycles. The predicted molar refractivity (Wildman–Crippen MR) is 74.2 cm³/mol. The van der Waals surface area contributed by atoms with Crippen molar-refractivity contribution in [1.29, 1.82) is 0 Å². The predicted octanol–water partition coefficient (Wildman–Crippen LogP) is 0.778. The zero-order valence-corrected chi connectivity index (χ0v) is 12.2. The Balaban J connectivity index is 2.68. The summed E-state index contributed by atoms with van der Waals surface area (Å²) < 4.78 is 22.7. The van der Waals surface area contributed by atoms with Crippen LogP contribution in [0.25, 0.3) is 0 Å². The van der Waals surface area contributed by atoms with Gasteiger partial charge in [-0.05, 0) is 17.7 Å². The Bertz CT molecular complexity index is 592. The topological polar surface area (TPSA) is 91.8 Å². The molecule has 1 aromatic rings. The molecule has 0 aliphatic carbocycles. The molecule has 1 amide bonds. The largest absolute Gasteiger partial charge is 0.478 e. The number of nitrogens with zero attached hydrogens (tertiary/aromatic N) is 1. The van der Waals surface area contributed by atoms with Crippen LogP contribution in [-0.4, -0.2) is 48.9 Å². The molecule has 20 heavy (non-hydrogen) atoms. The van der Waals surface area contributed by atoms with Gasteiger partial charge in [-0.25, -0.2) is 13.2 Å². The summed E-state index contributed by atoms with van der Waals surface area (Å²) in [7, 11) is -1.83. The zero-order chi connectivity index (χ0) is 15.3. The van der Waals surface area contributed by atoms with Crippen molar-refractivity contribution >= 4 is 21.7 Å². The molecule has 0 saturated carbocycles. The zero-order valence-electron chi connectivity index (χ0n) is 11.4. The van der Waals surface area contributed by atoms with Crippen molar-refractivity contribution in [1.82, 2.24) is 4.90 Å². The Morgan fingerprint density at radius 1 is 1.20 bits per heavy atom. The summed E-state index contributed by atoms with van der Waals surface area (Å²) in [6.07, 6.45) is 0. The highest BCUT2D eigenvalue weighted by atomic mass is 32.2. The fraction of sp³-hybridized carbons (Fsp3) is 0.385. The fourth-order valence-electron chi connectivity index (χ4n) is 1.52. The molecule has 110 valence electrons. The lowest BCUT2D eigenvalue weighted by atomic mass is 10.1. The molecular weight excluding hydrogens is 282 g/mol. The van der Waals surface area contributed by atoms with Gasteiger partial charge in [0, 0.05) is 19.3 Å². The molecule has 0 spiro atoms. The van der Waals surface area contributed by atoms with E-state index in [0.29, 0.717) is 0 Å². The lowest BCUT2D eigenvalue weighted by Gasteiger charge is -2.17. The van der Waals surface area contributed by atoms with Gasteiger partial charge in [0.2, 0.25) is 5.91 Å². The smallest absolute Gasteiger partial charge is 0.335 e. The van der Waals surface area contributed by atoms with Crippen molar-refractivity contribution in [3.63, 3.8) is 0 Å². The van der Waals surface area contributed by atoms with Gasteiger partial charge in [-0.3, -0.25) is 4.79 Å². The first-order chi connectivity index (χ1) is 9.25. The van der Waals surface area contributed by atoms with Crippen molar-refractivity contribution in [3.05, 3.63) is 35.4 Å². The standard InChI is InChI=1S/C13H17NO5S/c1-3-20(18,19)9-12(15)14(2)8-10-4-6-11(7-5-10)13(16)17/h4-7H,3,8-9H2,1-2H3,(H,16,17). The SMILES string of the molecule is CCS(=O)(=O)CC(=O)N(C)Cc1ccc(C(=O)O)cc1. The van der Waals surface area contributed by atoms with E-state index in [1.54, 1.807) is 12.1 Å². The van der Waals surface area contributed by atoms with E-state index >= 15 is 0 Å². The maximum Gasteiger partial charge on any atom is 0.335 e. The summed E-state index contributed by atoms with van der Waals surface area (Å²) in [6.45, 7) is 1.73. The molecule has 0 atom stereocenters. The van der Waals surface area contributed by atoms with Crippen LogP contribution < -0.4 is 0 Å². The summed E-state index contributed by atoms with van der Waals surface area (Å²) in [5.74, 6) is -2.07. The second-order valence-electron chi connectivity index (χ2n) is 4.43. The van der Waals surface area contributed by atoms with E-state index in [2.05, 4.69) is 0 Å². The molecule has 1 N–H and O–H groups in total. The van der Waals surface area contributed by atoms with Crippen LogP contribution in [0.5, 0.6) is 0 Å². The number of aromatic carboxylic acids is 1. The van der Waals surface area contributed by atoms with Gasteiger partial charge in [-0.2, -0.15) is 0 Å². The van der Waals surface area contributed by atoms with Gasteiger partial charge >= 0.3 is 5.97 Å². The number of amides is 1. The van der Waals surface area contributed by atoms with Gasteiger partial charge in [-0.15, -0.1) is 0 Å². The second-order valence-corrected chi connectivity index (χ2v) is 6.78. The first-order valence-corrected chi connectivity index (χ1v) is 7.84. The molecule has 6 nitrogen and oxygen atoms in total. The third kappa shape index (κ3) is 4.65. The van der Waals surface area contributed by atoms with Crippen molar-refractivity contribution in [2.24, 2.45) is 0 Å². The molecule has 0 saturated heterocycles. The second kappa shape index (κ2) is 6.51. The number of carboxylic acid groups (broad SMARTS) is 1. The minimum absolute atomic E-state index is 0.0696. The highest BCUT2D eigenvalue weighted by Gasteiger charge is 2.18. The molecule has 0 unspecified atom stereocenters. The van der Waals surface area contributed by atoms with Gasteiger partial charge in [-0.1, -0.05) is 19.1 Å². The average molecular weight is 299 g/mol. The van der Waals surface area contributed by atoms with Crippen LogP contribution in [0.3, 0.4) is 0 Å². The molecular formula is C13H17NO5S. The van der Waals surface area contributed by atoms with E-state index in [1.165, 1.54) is 31.0 Å². The Morgan fingerprint density at radius 3 is 2.20 bits per heavy atom. The molecule has 1 aromatic carbocycles. The van der Waals surface area contributed by atoms with E-state index in [-0.39, 0.29) is 17.9 Å². The Hall–Kier alpha value is -1.89. The molecule has 0 bridgehead atoms. The van der Waals surface area contributed by atoms with Crippen LogP contribution in [-0.2, 0) is 21.2 Å². The Kier molecular flexibility index (Phi) is 5.26. The van der Waals surface area contributed by atoms with Crippen LogP contribution in [0, 0.1) is 0 Å². The number of carbonyl (C=O) groups excluding carboxylic acids is 1. The first kappa shape index (κ1) is 16.2. The molecule has 0 heterocycles. The lowest BCUT2D eigenvalue weighted by Crippen LogP contribution is -2.32. The normalized spacial score (nSPS) is 11.1. The van der Waals surface area contributed by atoms with Gasteiger partial charge in [0.15, 0.2) is 9.84 Å². The van der Waals surface area contributed by atoms with Crippen LogP contribution >= 0.6 is 0 Å². The minimum atomic E-state index is -3.34. The van der Waals surface area contributed by atoms with Crippen LogP contribution in [0.2, 0.25) is 0 Å². The third-order valence-electron chi connectivity index (χ3n) is 2.83. The van der Waals surface area contributed by atoms with E-state index < -0.39 is 27.5 Å². The molecule has 7 heteroatoms. The van der Waals surface area contributed by atoms with Gasteiger partial charge in [0.1, 0.15) is 5.75 Å². The van der Waals surface area contributed by atoms with Gasteiger partial charge in [0.25, 0.3) is 0 Å². The minimum Gasteiger partial charge on any atom is -0.478 e. The van der Waals surface area contributed by atoms with Gasteiger partial charge < -0.3 is 10.0 Å². The number of carbonyl (C=O) groups is 2. The van der Waals surface area contributed by atoms with E-state index in [0.717, 1.165) is 5.56 Å². The fourth-order valence-corrected chi connectivity index (χ4v) is 2.32. The number of hydrogen-bond donors (Lipinski definition) is 1. The number of carboxylic acids is 1. The monoisotopic (exact) mass is 299 g/mol. The van der Waals surface area contributed by atoms with Crippen molar-refractivity contribution in [2.45, 2.75) is 13.5 Å². The molecule has 0 radical (unpaired) electrons. The molecule has 0 aliphatic heterocycles. The summed E-state index contributed by atoms with van der Waals surface area (Å²) in [5.41, 5.74) is 0.899. The summed E-state index contributed by atoms with van der Waals surface area (Å²) in [6, 6.07) is 6.08. The molecule has 0 aliphatic rings. The van der Waals surface area contributed by atoms with E-state index in [9.17, 15) is 18.0 Å². The number of benzene rings is 1. The summed E-state index contributed by atoms with van der Waals surface area (Å²) >= 11 is 0. The van der Waals surface area contributed by atoms with Crippen molar-refractivity contribution in [3.8, 4) is 0 Å². The van der Waals surface area contributed by atoms with Crippen LogP contribution in [0.1, 0.15) is 22.8 Å². The summed E-state index contributed by atoms with van der Waals surface area (Å²) in [4.78, 5) is 23.8. The highest BCUT2D eigenvalue weighted by molar-refractivity contribution is 7.92. The van der Waals surface area contributed by atoms with Crippen LogP contribution in [0.15, 0.2) is 24.3 Å². The van der Waals surface area contributed by atoms with Crippen molar-refractivity contribution in [2.75, 3.05) is 18.6 Å². The quantitative estimate of drug-likeness (QED) is 0.838. The molecule has 0 fully saturated rings. The number of sulfone groups is 1. The maximum absolute atomic E-state index is 11.7. The molecule has 1 rings (SSSR count). The Morgan fingerprint density at radius 2 is 1.75 bits per heavy atom. The van der Waals surface area contributed by atoms with Crippen molar-refractivity contribution < 1.29 is 23.1 Å². The number of hydrogen-bond acceptors (Lipinski definition) is 4. The van der Waals surface area contributed by atoms with E-state index in [4.69, 9.17) is 5.11 Å². The number of rotatable bonds is 6. The Labute approximate surface area is 117 Å². The van der Waals surface area contributed by atoms with E-state index in [1.807, 2.05) is 0 Å². The lowest BCUT2D eigenvalue weighted by molar-refractivity contribution is -0.127. The summed E-state index contributed by atoms with van der Waals surface area (Å²) in [5, 5.41) is 8.77. The van der Waals surface area contributed by atoms with Crippen LogP contribution in [0.4, 0.5) is 0 Å². The average Bonchev–Trinajstić information content (AvgIpc) is 2.38.